The van der Waals surface area contributed by atoms with E-state index in [1.165, 1.54) is 0 Å². The molecule has 116 valence electrons. The van der Waals surface area contributed by atoms with Gasteiger partial charge in [0, 0.05) is 11.6 Å². The van der Waals surface area contributed by atoms with E-state index in [1.807, 2.05) is 0 Å². The van der Waals surface area contributed by atoms with E-state index >= 15 is 0 Å². The Labute approximate surface area is 113 Å². The van der Waals surface area contributed by atoms with E-state index in [2.05, 4.69) is 0 Å². The number of hydrogen-bond donors (Lipinski definition) is 2. The zero-order chi connectivity index (χ0) is 16.4. The summed E-state index contributed by atoms with van der Waals surface area (Å²) in [6, 6.07) is 0.354. The Morgan fingerprint density at radius 2 is 1.38 bits per heavy atom. The van der Waals surface area contributed by atoms with Gasteiger partial charge in [-0.1, -0.05) is 0 Å². The number of carbonyl (C=O) groups excluding carboxylic acids is 1. The third kappa shape index (κ3) is 4.76. The summed E-state index contributed by atoms with van der Waals surface area (Å²) in [5, 5.41) is 16.0. The lowest BCUT2D eigenvalue weighted by Crippen LogP contribution is -2.13. The topological polar surface area (TPSA) is 60.8 Å². The largest absolute Gasteiger partial charge is 0.416 e. The minimum atomic E-state index is -5.07. The Balaban J connectivity index is 3.36. The number of allylic oxidation sites excluding steroid dienone is 1. The van der Waals surface area contributed by atoms with Crippen molar-refractivity contribution in [1.82, 2.24) is 5.23 Å². The van der Waals surface area contributed by atoms with Crippen LogP contribution in [0.25, 0.3) is 0 Å². The lowest BCUT2D eigenvalue weighted by molar-refractivity contribution is -0.267. The average molecular weight is 315 g/mol. The number of ketones is 1. The van der Waals surface area contributed by atoms with Gasteiger partial charge in [-0.05, 0) is 18.2 Å². The molecular formula is C11H7F6NO3. The summed E-state index contributed by atoms with van der Waals surface area (Å²) < 4.78 is 75.2. The lowest BCUT2D eigenvalue weighted by atomic mass is 10.0. The fraction of sp³-hybridized carbons (Fsp3) is 0.182. The van der Waals surface area contributed by atoms with Crippen molar-refractivity contribution in [2.75, 3.05) is 0 Å². The number of hydrogen-bond acceptors (Lipinski definition) is 4. The molecule has 0 unspecified atom stereocenters. The molecule has 21 heavy (non-hydrogen) atoms. The molecule has 10 heteroatoms. The summed E-state index contributed by atoms with van der Waals surface area (Å²) in [5.74, 6) is -1.26. The van der Waals surface area contributed by atoms with Crippen LogP contribution < -0.4 is 0 Å². The highest BCUT2D eigenvalue weighted by Gasteiger charge is 2.37. The van der Waals surface area contributed by atoms with Gasteiger partial charge in [0.25, 0.3) is 0 Å². The highest BCUT2D eigenvalue weighted by molar-refractivity contribution is 6.04. The van der Waals surface area contributed by atoms with Gasteiger partial charge >= 0.3 is 12.4 Å². The maximum Gasteiger partial charge on any atom is 0.416 e. The Hall–Kier alpha value is -2.07. The van der Waals surface area contributed by atoms with Crippen molar-refractivity contribution in [2.24, 2.45) is 0 Å². The molecular weight excluding hydrogens is 308 g/mol. The zero-order valence-electron chi connectivity index (χ0n) is 9.90. The summed E-state index contributed by atoms with van der Waals surface area (Å²) >= 11 is 0. The van der Waals surface area contributed by atoms with Gasteiger partial charge in [-0.15, -0.1) is 5.23 Å². The number of benzene rings is 1. The molecule has 0 aliphatic rings. The number of hydroxylamine groups is 2. The summed E-state index contributed by atoms with van der Waals surface area (Å²) in [5.41, 5.74) is -4.17. The van der Waals surface area contributed by atoms with E-state index in [9.17, 15) is 31.1 Å². The molecule has 1 aromatic carbocycles. The standard InChI is InChI=1S/C11H7F6NO3/c12-10(13,14)7-3-6(9(19)1-2-18(20)21)4-8(5-7)11(15,16)17/h1-5,20-21H/b2-1+. The molecule has 0 saturated heterocycles. The number of halogens is 6. The monoisotopic (exact) mass is 315 g/mol. The molecule has 1 rings (SSSR count). The highest BCUT2D eigenvalue weighted by atomic mass is 19.4. The Morgan fingerprint density at radius 1 is 0.952 bits per heavy atom. The first-order chi connectivity index (χ1) is 9.41. The third-order valence-corrected chi connectivity index (χ3v) is 2.23. The molecule has 0 aliphatic carbocycles. The summed E-state index contributed by atoms with van der Waals surface area (Å²) in [4.78, 5) is 11.4. The molecule has 0 radical (unpaired) electrons. The molecule has 2 N–H and O–H groups in total. The number of rotatable bonds is 3. The van der Waals surface area contributed by atoms with E-state index in [0.29, 0.717) is 12.3 Å². The van der Waals surface area contributed by atoms with Gasteiger partial charge in [-0.2, -0.15) is 26.3 Å². The predicted octanol–water partition coefficient (Wildman–Crippen LogP) is 3.50. The maximum atomic E-state index is 12.5. The molecule has 0 aliphatic heterocycles. The molecule has 0 bridgehead atoms. The highest BCUT2D eigenvalue weighted by Crippen LogP contribution is 2.36. The second kappa shape index (κ2) is 5.74. The zero-order valence-corrected chi connectivity index (χ0v) is 9.90. The van der Waals surface area contributed by atoms with Gasteiger partial charge in [-0.3, -0.25) is 15.2 Å². The Kier molecular flexibility index (Phi) is 4.64. The quantitative estimate of drug-likeness (QED) is 0.388. The molecule has 0 aromatic heterocycles. The van der Waals surface area contributed by atoms with Crippen molar-refractivity contribution >= 4 is 5.78 Å². The van der Waals surface area contributed by atoms with Crippen LogP contribution in [0.3, 0.4) is 0 Å². The third-order valence-electron chi connectivity index (χ3n) is 2.23. The molecule has 0 spiro atoms. The van der Waals surface area contributed by atoms with Crippen LogP contribution in [-0.4, -0.2) is 21.4 Å². The molecule has 0 fully saturated rings. The van der Waals surface area contributed by atoms with Crippen molar-refractivity contribution in [2.45, 2.75) is 12.4 Å². The normalized spacial score (nSPS) is 12.8. The van der Waals surface area contributed by atoms with Crippen LogP contribution in [0.2, 0.25) is 0 Å². The fourth-order valence-corrected chi connectivity index (χ4v) is 1.33. The van der Waals surface area contributed by atoms with Gasteiger partial charge < -0.3 is 0 Å². The van der Waals surface area contributed by atoms with Crippen LogP contribution in [-0.2, 0) is 12.4 Å². The smallest absolute Gasteiger partial charge is 0.289 e. The average Bonchev–Trinajstić information content (AvgIpc) is 2.33. The van der Waals surface area contributed by atoms with Gasteiger partial charge in [0.2, 0.25) is 0 Å². The molecule has 4 nitrogen and oxygen atoms in total. The molecule has 0 atom stereocenters. The maximum absolute atomic E-state index is 12.5. The van der Waals surface area contributed by atoms with E-state index in [-0.39, 0.29) is 18.2 Å². The first kappa shape index (κ1) is 17.0. The Morgan fingerprint density at radius 3 is 1.71 bits per heavy atom. The second-order valence-corrected chi connectivity index (χ2v) is 3.79. The molecule has 0 heterocycles. The number of nitrogens with zero attached hydrogens (tertiary/aromatic N) is 1. The van der Waals surface area contributed by atoms with Crippen molar-refractivity contribution in [3.63, 3.8) is 0 Å². The van der Waals surface area contributed by atoms with Crippen molar-refractivity contribution in [1.29, 1.82) is 0 Å². The molecule has 0 saturated carbocycles. The summed E-state index contributed by atoms with van der Waals surface area (Å²) in [6.07, 6.45) is -9.40. The van der Waals surface area contributed by atoms with Crippen LogP contribution in [0.5, 0.6) is 0 Å². The minimum Gasteiger partial charge on any atom is -0.289 e. The van der Waals surface area contributed by atoms with Gasteiger partial charge in [0.1, 0.15) is 0 Å². The number of carbonyl (C=O) groups is 1. The van der Waals surface area contributed by atoms with Crippen molar-refractivity contribution < 1.29 is 41.6 Å². The van der Waals surface area contributed by atoms with E-state index < -0.39 is 40.1 Å². The second-order valence-electron chi connectivity index (χ2n) is 3.79. The molecule has 1 aromatic rings. The summed E-state index contributed by atoms with van der Waals surface area (Å²) in [7, 11) is 0. The van der Waals surface area contributed by atoms with Crippen molar-refractivity contribution in [3.8, 4) is 0 Å². The SMILES string of the molecule is O=C(/C=C/N(O)O)c1cc(C(F)(F)F)cc(C(F)(F)F)c1. The van der Waals surface area contributed by atoms with Crippen LogP contribution in [0, 0.1) is 0 Å². The first-order valence-corrected chi connectivity index (χ1v) is 5.10. The van der Waals surface area contributed by atoms with Gasteiger partial charge in [0.15, 0.2) is 5.78 Å². The predicted molar refractivity (Wildman–Crippen MR) is 55.3 cm³/mol. The van der Waals surface area contributed by atoms with E-state index in [1.54, 1.807) is 0 Å². The van der Waals surface area contributed by atoms with E-state index in [0.717, 1.165) is 0 Å². The lowest BCUT2D eigenvalue weighted by Gasteiger charge is -2.13. The van der Waals surface area contributed by atoms with Crippen LogP contribution >= 0.6 is 0 Å². The summed E-state index contributed by atoms with van der Waals surface area (Å²) in [6.45, 7) is 0. The van der Waals surface area contributed by atoms with Crippen LogP contribution in [0.4, 0.5) is 26.3 Å². The van der Waals surface area contributed by atoms with Crippen molar-refractivity contribution in [3.05, 3.63) is 47.2 Å². The van der Waals surface area contributed by atoms with Crippen LogP contribution in [0.1, 0.15) is 21.5 Å². The van der Waals surface area contributed by atoms with E-state index in [4.69, 9.17) is 10.4 Å². The fourth-order valence-electron chi connectivity index (χ4n) is 1.33. The molecule has 0 amide bonds. The van der Waals surface area contributed by atoms with Crippen LogP contribution in [0.15, 0.2) is 30.5 Å². The Bertz CT molecular complexity index is 530. The first-order valence-electron chi connectivity index (χ1n) is 5.10. The van der Waals surface area contributed by atoms with Gasteiger partial charge in [0.05, 0.1) is 17.3 Å². The minimum absolute atomic E-state index is 0.120. The van der Waals surface area contributed by atoms with Gasteiger partial charge in [-0.25, -0.2) is 0 Å². The number of alkyl halides is 6.